The van der Waals surface area contributed by atoms with E-state index in [2.05, 4.69) is 24.1 Å². The van der Waals surface area contributed by atoms with Crippen LogP contribution in [0.5, 0.6) is 0 Å². The van der Waals surface area contributed by atoms with Crippen LogP contribution in [-0.2, 0) is 9.53 Å². The van der Waals surface area contributed by atoms with E-state index >= 15 is 0 Å². The minimum atomic E-state index is -0.176. The van der Waals surface area contributed by atoms with E-state index in [9.17, 15) is 4.79 Å². The number of amides is 1. The van der Waals surface area contributed by atoms with Crippen molar-refractivity contribution in [1.29, 1.82) is 0 Å². The SMILES string of the molecule is CC(C)C1NC2(CC2)C(=O)N1CC1CCCOC1. The molecule has 1 N–H and O–H groups in total. The maximum atomic E-state index is 12.5. The molecule has 4 heteroatoms. The highest BCUT2D eigenvalue weighted by atomic mass is 16.5. The second-order valence-corrected chi connectivity index (χ2v) is 6.46. The van der Waals surface area contributed by atoms with Gasteiger partial charge < -0.3 is 9.64 Å². The normalized spacial score (nSPS) is 34.6. The number of hydrogen-bond acceptors (Lipinski definition) is 3. The molecule has 0 radical (unpaired) electrons. The number of carbonyl (C=O) groups is 1. The predicted octanol–water partition coefficient (Wildman–Crippen LogP) is 1.36. The quantitative estimate of drug-likeness (QED) is 0.824. The molecule has 1 aliphatic carbocycles. The molecule has 1 amide bonds. The maximum Gasteiger partial charge on any atom is 0.244 e. The first-order valence-corrected chi connectivity index (χ1v) is 7.29. The Morgan fingerprint density at radius 2 is 2.28 bits per heavy atom. The predicted molar refractivity (Wildman–Crippen MR) is 69.0 cm³/mol. The van der Waals surface area contributed by atoms with Crippen molar-refractivity contribution in [2.45, 2.75) is 51.2 Å². The highest BCUT2D eigenvalue weighted by Crippen LogP contribution is 2.43. The molecule has 2 atom stereocenters. The Balaban J connectivity index is 1.69. The fourth-order valence-electron chi connectivity index (χ4n) is 3.26. The number of ether oxygens (including phenoxy) is 1. The summed E-state index contributed by atoms with van der Waals surface area (Å²) in [4.78, 5) is 14.6. The van der Waals surface area contributed by atoms with Crippen LogP contribution in [0, 0.1) is 11.8 Å². The van der Waals surface area contributed by atoms with E-state index in [4.69, 9.17) is 4.74 Å². The van der Waals surface area contributed by atoms with Crippen LogP contribution in [0.25, 0.3) is 0 Å². The first-order valence-electron chi connectivity index (χ1n) is 7.29. The van der Waals surface area contributed by atoms with Crippen LogP contribution in [0.1, 0.15) is 39.5 Å². The number of carbonyl (C=O) groups excluding carboxylic acids is 1. The third-order valence-electron chi connectivity index (χ3n) is 4.52. The summed E-state index contributed by atoms with van der Waals surface area (Å²) in [7, 11) is 0. The maximum absolute atomic E-state index is 12.5. The lowest BCUT2D eigenvalue weighted by atomic mass is 10.0. The van der Waals surface area contributed by atoms with Crippen molar-refractivity contribution < 1.29 is 9.53 Å². The Morgan fingerprint density at radius 3 is 2.83 bits per heavy atom. The molecule has 0 aromatic carbocycles. The molecule has 102 valence electrons. The van der Waals surface area contributed by atoms with Gasteiger partial charge in [0.2, 0.25) is 5.91 Å². The molecule has 3 aliphatic rings. The Kier molecular flexibility index (Phi) is 3.10. The summed E-state index contributed by atoms with van der Waals surface area (Å²) >= 11 is 0. The molecule has 2 saturated heterocycles. The van der Waals surface area contributed by atoms with Gasteiger partial charge in [-0.25, -0.2) is 0 Å². The van der Waals surface area contributed by atoms with Gasteiger partial charge in [-0.15, -0.1) is 0 Å². The lowest BCUT2D eigenvalue weighted by Crippen LogP contribution is -2.44. The standard InChI is InChI=1S/C14H24N2O2/c1-10(2)12-15-14(5-6-14)13(17)16(12)8-11-4-3-7-18-9-11/h10-12,15H,3-9H2,1-2H3. The van der Waals surface area contributed by atoms with E-state index in [0.29, 0.717) is 17.7 Å². The topological polar surface area (TPSA) is 41.6 Å². The zero-order valence-electron chi connectivity index (χ0n) is 11.4. The Hall–Kier alpha value is -0.610. The third kappa shape index (κ3) is 2.05. The molecule has 0 aromatic rings. The van der Waals surface area contributed by atoms with Crippen LogP contribution < -0.4 is 5.32 Å². The lowest BCUT2D eigenvalue weighted by Gasteiger charge is -2.32. The zero-order valence-corrected chi connectivity index (χ0v) is 11.4. The monoisotopic (exact) mass is 252 g/mol. The van der Waals surface area contributed by atoms with Crippen LogP contribution in [0.4, 0.5) is 0 Å². The van der Waals surface area contributed by atoms with Crippen LogP contribution in [0.2, 0.25) is 0 Å². The molecule has 1 saturated carbocycles. The number of hydrogen-bond donors (Lipinski definition) is 1. The number of rotatable bonds is 3. The first-order chi connectivity index (χ1) is 8.62. The summed E-state index contributed by atoms with van der Waals surface area (Å²) in [6.45, 7) is 6.96. The molecule has 2 unspecified atom stereocenters. The van der Waals surface area contributed by atoms with E-state index in [1.807, 2.05) is 0 Å². The number of nitrogens with zero attached hydrogens (tertiary/aromatic N) is 1. The van der Waals surface area contributed by atoms with Gasteiger partial charge in [-0.1, -0.05) is 13.8 Å². The van der Waals surface area contributed by atoms with Crippen molar-refractivity contribution in [2.75, 3.05) is 19.8 Å². The van der Waals surface area contributed by atoms with E-state index in [1.165, 1.54) is 6.42 Å². The van der Waals surface area contributed by atoms with Crippen molar-refractivity contribution >= 4 is 5.91 Å². The van der Waals surface area contributed by atoms with Gasteiger partial charge in [0.05, 0.1) is 18.3 Å². The largest absolute Gasteiger partial charge is 0.381 e. The molecule has 0 aromatic heterocycles. The van der Waals surface area contributed by atoms with Gasteiger partial charge in [-0.05, 0) is 31.6 Å². The molecular formula is C14H24N2O2. The van der Waals surface area contributed by atoms with Crippen molar-refractivity contribution in [1.82, 2.24) is 10.2 Å². The summed E-state index contributed by atoms with van der Waals surface area (Å²) in [6.07, 6.45) is 4.60. The average molecular weight is 252 g/mol. The van der Waals surface area contributed by atoms with Crippen molar-refractivity contribution in [3.05, 3.63) is 0 Å². The third-order valence-corrected chi connectivity index (χ3v) is 4.52. The highest BCUT2D eigenvalue weighted by molar-refractivity contribution is 5.91. The Morgan fingerprint density at radius 1 is 1.50 bits per heavy atom. The van der Waals surface area contributed by atoms with Crippen LogP contribution >= 0.6 is 0 Å². The summed E-state index contributed by atoms with van der Waals surface area (Å²) in [5.74, 6) is 1.34. The lowest BCUT2D eigenvalue weighted by molar-refractivity contribution is -0.132. The van der Waals surface area contributed by atoms with Gasteiger partial charge in [-0.2, -0.15) is 0 Å². The molecule has 18 heavy (non-hydrogen) atoms. The second kappa shape index (κ2) is 4.49. The van der Waals surface area contributed by atoms with Crippen molar-refractivity contribution in [3.63, 3.8) is 0 Å². The Labute approximate surface area is 109 Å². The molecule has 3 rings (SSSR count). The minimum Gasteiger partial charge on any atom is -0.381 e. The number of nitrogens with one attached hydrogen (secondary N) is 1. The van der Waals surface area contributed by atoms with Crippen LogP contribution in [0.15, 0.2) is 0 Å². The van der Waals surface area contributed by atoms with Gasteiger partial charge in [0.15, 0.2) is 0 Å². The van der Waals surface area contributed by atoms with E-state index in [-0.39, 0.29) is 11.7 Å². The first kappa shape index (κ1) is 12.4. The van der Waals surface area contributed by atoms with E-state index in [0.717, 1.165) is 39.0 Å². The van der Waals surface area contributed by atoms with Crippen LogP contribution in [-0.4, -0.2) is 42.3 Å². The van der Waals surface area contributed by atoms with Crippen LogP contribution in [0.3, 0.4) is 0 Å². The van der Waals surface area contributed by atoms with Gasteiger partial charge in [-0.3, -0.25) is 10.1 Å². The summed E-state index contributed by atoms with van der Waals surface area (Å²) in [5, 5.41) is 3.57. The molecule has 3 fully saturated rings. The molecule has 4 nitrogen and oxygen atoms in total. The molecular weight excluding hydrogens is 228 g/mol. The van der Waals surface area contributed by atoms with Gasteiger partial charge in [0.25, 0.3) is 0 Å². The molecule has 2 heterocycles. The molecule has 0 bridgehead atoms. The smallest absolute Gasteiger partial charge is 0.244 e. The zero-order chi connectivity index (χ0) is 12.8. The molecule has 1 spiro atoms. The van der Waals surface area contributed by atoms with E-state index < -0.39 is 0 Å². The highest BCUT2D eigenvalue weighted by Gasteiger charge is 2.59. The second-order valence-electron chi connectivity index (χ2n) is 6.46. The summed E-state index contributed by atoms with van der Waals surface area (Å²) in [5.41, 5.74) is -0.176. The van der Waals surface area contributed by atoms with Crippen molar-refractivity contribution in [2.24, 2.45) is 11.8 Å². The fourth-order valence-corrected chi connectivity index (χ4v) is 3.26. The summed E-state index contributed by atoms with van der Waals surface area (Å²) in [6, 6.07) is 0. The fraction of sp³-hybridized carbons (Fsp3) is 0.929. The summed E-state index contributed by atoms with van der Waals surface area (Å²) < 4.78 is 5.53. The van der Waals surface area contributed by atoms with E-state index in [1.54, 1.807) is 0 Å². The average Bonchev–Trinajstić information content (AvgIpc) is 3.09. The molecule has 2 aliphatic heterocycles. The van der Waals surface area contributed by atoms with Gasteiger partial charge in [0.1, 0.15) is 0 Å². The van der Waals surface area contributed by atoms with Gasteiger partial charge in [0, 0.05) is 19.1 Å². The Bertz CT molecular complexity index is 333. The minimum absolute atomic E-state index is 0.176. The van der Waals surface area contributed by atoms with Crippen molar-refractivity contribution in [3.8, 4) is 0 Å². The van der Waals surface area contributed by atoms with Gasteiger partial charge >= 0.3 is 0 Å².